The zero-order valence-corrected chi connectivity index (χ0v) is 15.9. The first-order valence-corrected chi connectivity index (χ1v) is 9.43. The maximum Gasteiger partial charge on any atom is 0.410 e. The molecule has 140 valence electrons. The van der Waals surface area contributed by atoms with E-state index in [0.29, 0.717) is 18.5 Å². The molecule has 3 rings (SSSR count). The van der Waals surface area contributed by atoms with Crippen LogP contribution in [-0.4, -0.2) is 40.1 Å². The van der Waals surface area contributed by atoms with Gasteiger partial charge in [0, 0.05) is 6.54 Å². The quantitative estimate of drug-likeness (QED) is 0.730. The average molecular weight is 379 g/mol. The van der Waals surface area contributed by atoms with E-state index in [-0.39, 0.29) is 10.3 Å². The average Bonchev–Trinajstić information content (AvgIpc) is 3.03. The van der Waals surface area contributed by atoms with Crippen molar-refractivity contribution in [3.63, 3.8) is 0 Å². The minimum atomic E-state index is -0.879. The Morgan fingerprint density at radius 3 is 2.73 bits per heavy atom. The predicted octanol–water partition coefficient (Wildman–Crippen LogP) is 4.30. The fourth-order valence-corrected chi connectivity index (χ4v) is 3.77. The Kier molecular flexibility index (Phi) is 5.13. The van der Waals surface area contributed by atoms with Crippen LogP contribution in [0.1, 0.15) is 40.0 Å². The molecule has 0 saturated carbocycles. The molecule has 0 radical (unpaired) electrons. The number of para-hydroxylation sites is 1. The summed E-state index contributed by atoms with van der Waals surface area (Å²) in [6.07, 6.45) is 1.33. The summed E-state index contributed by atoms with van der Waals surface area (Å²) in [5.74, 6) is -0.783. The molecule has 2 amide bonds. The molecule has 1 saturated heterocycles. The number of benzene rings is 1. The SMILES string of the molecule is CC(C)(C)OC(=O)N1CCCCC1C(=O)N(F)c1nc2ccccc2s1. The van der Waals surface area contributed by atoms with E-state index in [2.05, 4.69) is 4.98 Å². The van der Waals surface area contributed by atoms with Gasteiger partial charge in [0.05, 0.1) is 10.2 Å². The van der Waals surface area contributed by atoms with Crippen LogP contribution in [0.3, 0.4) is 0 Å². The van der Waals surface area contributed by atoms with E-state index in [9.17, 15) is 14.1 Å². The molecule has 1 aromatic heterocycles. The van der Waals surface area contributed by atoms with Gasteiger partial charge in [-0.05, 0) is 52.2 Å². The van der Waals surface area contributed by atoms with Crippen molar-refractivity contribution < 1.29 is 18.8 Å². The number of amides is 2. The number of likely N-dealkylation sites (tertiary alicyclic amines) is 1. The molecule has 1 fully saturated rings. The zero-order valence-electron chi connectivity index (χ0n) is 15.1. The van der Waals surface area contributed by atoms with E-state index < -0.39 is 23.6 Å². The number of thiazole rings is 1. The van der Waals surface area contributed by atoms with Crippen molar-refractivity contribution in [2.75, 3.05) is 11.7 Å². The molecule has 8 heteroatoms. The second-order valence-corrected chi connectivity index (χ2v) is 8.28. The summed E-state index contributed by atoms with van der Waals surface area (Å²) in [5, 5.41) is 0.0452. The highest BCUT2D eigenvalue weighted by Gasteiger charge is 2.38. The molecule has 1 aliphatic rings. The van der Waals surface area contributed by atoms with Crippen LogP contribution in [0.2, 0.25) is 0 Å². The Morgan fingerprint density at radius 1 is 1.31 bits per heavy atom. The van der Waals surface area contributed by atoms with Crippen LogP contribution in [0.4, 0.5) is 14.4 Å². The van der Waals surface area contributed by atoms with E-state index in [1.807, 2.05) is 18.2 Å². The molecule has 6 nitrogen and oxygen atoms in total. The summed E-state index contributed by atoms with van der Waals surface area (Å²) in [6, 6.07) is 6.35. The van der Waals surface area contributed by atoms with Gasteiger partial charge >= 0.3 is 6.09 Å². The molecule has 0 bridgehead atoms. The number of aromatic nitrogens is 1. The topological polar surface area (TPSA) is 62.7 Å². The van der Waals surface area contributed by atoms with Crippen LogP contribution < -0.4 is 5.12 Å². The van der Waals surface area contributed by atoms with Gasteiger partial charge in [0.15, 0.2) is 0 Å². The van der Waals surface area contributed by atoms with Gasteiger partial charge in [-0.2, -0.15) is 0 Å². The molecular weight excluding hydrogens is 357 g/mol. The lowest BCUT2D eigenvalue weighted by Crippen LogP contribution is -2.52. The molecule has 0 aliphatic carbocycles. The first kappa shape index (κ1) is 18.6. The molecule has 1 unspecified atom stereocenters. The number of carbonyl (C=O) groups is 2. The molecule has 26 heavy (non-hydrogen) atoms. The highest BCUT2D eigenvalue weighted by molar-refractivity contribution is 7.22. The lowest BCUT2D eigenvalue weighted by Gasteiger charge is -2.36. The van der Waals surface area contributed by atoms with Crippen LogP contribution in [-0.2, 0) is 9.53 Å². The Labute approximate surface area is 155 Å². The molecular formula is C18H22FN3O3S. The largest absolute Gasteiger partial charge is 0.444 e. The summed E-state index contributed by atoms with van der Waals surface area (Å²) >= 11 is 1.10. The smallest absolute Gasteiger partial charge is 0.410 e. The number of halogens is 1. The van der Waals surface area contributed by atoms with Crippen molar-refractivity contribution in [1.29, 1.82) is 0 Å². The van der Waals surface area contributed by atoms with Crippen LogP contribution in [0, 0.1) is 0 Å². The van der Waals surface area contributed by atoms with Crippen LogP contribution >= 0.6 is 11.3 Å². The summed E-state index contributed by atoms with van der Waals surface area (Å²) in [6.45, 7) is 5.65. The fourth-order valence-electron chi connectivity index (χ4n) is 2.90. The van der Waals surface area contributed by atoms with Crippen molar-refractivity contribution in [2.45, 2.75) is 51.7 Å². The van der Waals surface area contributed by atoms with Gasteiger partial charge < -0.3 is 4.74 Å². The van der Waals surface area contributed by atoms with E-state index in [1.54, 1.807) is 26.8 Å². The number of piperidine rings is 1. The second kappa shape index (κ2) is 7.19. The lowest BCUT2D eigenvalue weighted by atomic mass is 10.0. The minimum absolute atomic E-state index is 0.0223. The number of anilines is 1. The van der Waals surface area contributed by atoms with Crippen LogP contribution in [0.5, 0.6) is 0 Å². The first-order chi connectivity index (χ1) is 12.3. The lowest BCUT2D eigenvalue weighted by molar-refractivity contribution is -0.127. The van der Waals surface area contributed by atoms with Gasteiger partial charge in [0.2, 0.25) is 5.13 Å². The van der Waals surface area contributed by atoms with Crippen molar-refractivity contribution in [3.05, 3.63) is 24.3 Å². The highest BCUT2D eigenvalue weighted by Crippen LogP contribution is 2.31. The third kappa shape index (κ3) is 3.95. The predicted molar refractivity (Wildman–Crippen MR) is 98.8 cm³/mol. The van der Waals surface area contributed by atoms with E-state index in [0.717, 1.165) is 28.9 Å². The molecule has 2 heterocycles. The summed E-state index contributed by atoms with van der Waals surface area (Å²) in [7, 11) is 0. The Hall–Kier alpha value is -2.22. The van der Waals surface area contributed by atoms with Gasteiger partial charge in [-0.1, -0.05) is 28.0 Å². The van der Waals surface area contributed by atoms with Crippen molar-refractivity contribution >= 4 is 38.7 Å². The summed E-state index contributed by atoms with van der Waals surface area (Å²) in [4.78, 5) is 30.7. The normalized spacial score (nSPS) is 18.0. The molecule has 0 spiro atoms. The van der Waals surface area contributed by atoms with Crippen molar-refractivity contribution in [2.24, 2.45) is 0 Å². The maximum atomic E-state index is 14.8. The van der Waals surface area contributed by atoms with Gasteiger partial charge in [0.1, 0.15) is 11.6 Å². The fraction of sp³-hybridized carbons (Fsp3) is 0.500. The molecule has 1 aromatic carbocycles. The third-order valence-electron chi connectivity index (χ3n) is 4.06. The maximum absolute atomic E-state index is 14.8. The Morgan fingerprint density at radius 2 is 2.04 bits per heavy atom. The first-order valence-electron chi connectivity index (χ1n) is 8.61. The number of rotatable bonds is 2. The molecule has 1 atom stereocenters. The Bertz CT molecular complexity index is 784. The second-order valence-electron chi connectivity index (χ2n) is 7.27. The molecule has 2 aromatic rings. The van der Waals surface area contributed by atoms with Crippen molar-refractivity contribution in [3.8, 4) is 0 Å². The third-order valence-corrected chi connectivity index (χ3v) is 5.06. The van der Waals surface area contributed by atoms with Gasteiger partial charge in [-0.3, -0.25) is 9.69 Å². The number of ether oxygens (including phenoxy) is 1. The number of carbonyl (C=O) groups excluding carboxylic acids is 2. The van der Waals surface area contributed by atoms with Gasteiger partial charge in [-0.15, -0.1) is 5.12 Å². The van der Waals surface area contributed by atoms with Crippen molar-refractivity contribution in [1.82, 2.24) is 9.88 Å². The highest BCUT2D eigenvalue weighted by atomic mass is 32.1. The van der Waals surface area contributed by atoms with Crippen LogP contribution in [0.15, 0.2) is 24.3 Å². The minimum Gasteiger partial charge on any atom is -0.444 e. The monoisotopic (exact) mass is 379 g/mol. The number of hydrogen-bond acceptors (Lipinski definition) is 5. The van der Waals surface area contributed by atoms with E-state index in [4.69, 9.17) is 4.74 Å². The Balaban J connectivity index is 1.80. The molecule has 0 N–H and O–H groups in total. The van der Waals surface area contributed by atoms with Crippen LogP contribution in [0.25, 0.3) is 10.2 Å². The van der Waals surface area contributed by atoms with Gasteiger partial charge in [-0.25, -0.2) is 9.78 Å². The zero-order chi connectivity index (χ0) is 18.9. The number of fused-ring (bicyclic) bond motifs is 1. The van der Waals surface area contributed by atoms with Gasteiger partial charge in [0.25, 0.3) is 5.91 Å². The van der Waals surface area contributed by atoms with E-state index in [1.165, 1.54) is 4.90 Å². The standard InChI is InChI=1S/C18H22FN3O3S/c1-18(2,3)25-17(24)21-11-7-6-9-13(21)15(23)22(19)16-20-12-8-4-5-10-14(12)26-16/h4-5,8,10,13H,6-7,9,11H2,1-3H3. The number of nitrogens with zero attached hydrogens (tertiary/aromatic N) is 3. The number of hydrogen-bond donors (Lipinski definition) is 0. The summed E-state index contributed by atoms with van der Waals surface area (Å²) < 4.78 is 20.9. The summed E-state index contributed by atoms with van der Waals surface area (Å²) in [5.41, 5.74) is -0.0412. The van der Waals surface area contributed by atoms with E-state index >= 15 is 0 Å². The molecule has 1 aliphatic heterocycles.